The molecule has 0 spiro atoms. The molecule has 1 heterocycles. The number of thioether (sulfide) groups is 2. The first-order valence-corrected chi connectivity index (χ1v) is 17.9. The molecule has 4 aromatic carbocycles. The highest BCUT2D eigenvalue weighted by atomic mass is 32.2. The first-order valence-electron chi connectivity index (χ1n) is 15.8. The van der Waals surface area contributed by atoms with Gasteiger partial charge in [0.25, 0.3) is 0 Å². The average molecular weight is 661 g/mol. The fraction of sp³-hybridized carbons (Fsp3) is 0.368. The van der Waals surface area contributed by atoms with E-state index in [9.17, 15) is 10.2 Å². The van der Waals surface area contributed by atoms with E-state index in [1.165, 1.54) is 0 Å². The number of aliphatic hydroxyl groups is 2. The van der Waals surface area contributed by atoms with Crippen LogP contribution in [0.2, 0.25) is 0 Å². The van der Waals surface area contributed by atoms with Gasteiger partial charge < -0.3 is 29.2 Å². The molecule has 1 unspecified atom stereocenters. The minimum Gasteiger partial charge on any atom is -0.388 e. The third-order valence-electron chi connectivity index (χ3n) is 7.75. The number of aliphatic hydroxyl groups excluding tert-OH is 2. The molecular weight excluding hydrogens is 617 g/mol. The van der Waals surface area contributed by atoms with Crippen LogP contribution in [0.1, 0.15) is 28.7 Å². The van der Waals surface area contributed by atoms with Crippen LogP contribution in [0.15, 0.2) is 121 Å². The van der Waals surface area contributed by atoms with Crippen LogP contribution >= 0.6 is 23.5 Å². The second kappa shape index (κ2) is 19.2. The summed E-state index contributed by atoms with van der Waals surface area (Å²) in [7, 11) is 0. The molecule has 8 heteroatoms. The minimum atomic E-state index is -1.06. The molecular formula is C38H44O6S2. The van der Waals surface area contributed by atoms with Crippen molar-refractivity contribution in [3.63, 3.8) is 0 Å². The van der Waals surface area contributed by atoms with Gasteiger partial charge in [-0.1, -0.05) is 121 Å². The first-order chi connectivity index (χ1) is 22.7. The second-order valence-electron chi connectivity index (χ2n) is 11.3. The van der Waals surface area contributed by atoms with Crippen LogP contribution in [0.3, 0.4) is 0 Å². The molecule has 1 aliphatic rings. The third kappa shape index (κ3) is 11.0. The standard InChI is InChI=1S/C38H44O6S2/c39-33(28-41-24-29-14-5-1-6-15-29)35(42-25-30-16-7-2-8-17-30)37(44-27-32-20-11-4-12-21-32)36(34(40)38-45-22-13-23-46-38)43-26-31-18-9-3-10-19-31/h1-12,14-21,33-40H,13,22-28H2/t33-,34?,35-,36+,37+/m1/s1. The summed E-state index contributed by atoms with van der Waals surface area (Å²) in [6, 6.07) is 39.6. The maximum absolute atomic E-state index is 12.0. The van der Waals surface area contributed by atoms with E-state index in [0.29, 0.717) is 6.61 Å². The summed E-state index contributed by atoms with van der Waals surface area (Å²) in [5.74, 6) is 1.94. The minimum absolute atomic E-state index is 0.0218. The van der Waals surface area contributed by atoms with Crippen LogP contribution in [-0.4, -0.2) is 63.4 Å². The molecule has 4 aromatic rings. The van der Waals surface area contributed by atoms with Gasteiger partial charge in [-0.15, -0.1) is 23.5 Å². The highest BCUT2D eigenvalue weighted by molar-refractivity contribution is 8.17. The number of hydrogen-bond acceptors (Lipinski definition) is 8. The quantitative estimate of drug-likeness (QED) is 0.120. The maximum atomic E-state index is 12.0. The molecule has 2 N–H and O–H groups in total. The molecule has 1 aliphatic heterocycles. The van der Waals surface area contributed by atoms with Gasteiger partial charge >= 0.3 is 0 Å². The molecule has 5 rings (SSSR count). The maximum Gasteiger partial charge on any atom is 0.115 e. The largest absolute Gasteiger partial charge is 0.388 e. The van der Waals surface area contributed by atoms with Crippen LogP contribution in [0.4, 0.5) is 0 Å². The Morgan fingerprint density at radius 1 is 0.522 bits per heavy atom. The van der Waals surface area contributed by atoms with Gasteiger partial charge in [0.1, 0.15) is 30.5 Å². The van der Waals surface area contributed by atoms with E-state index in [4.69, 9.17) is 18.9 Å². The zero-order valence-electron chi connectivity index (χ0n) is 26.0. The fourth-order valence-electron chi connectivity index (χ4n) is 5.31. The number of rotatable bonds is 18. The van der Waals surface area contributed by atoms with Gasteiger partial charge in [-0.05, 0) is 40.2 Å². The van der Waals surface area contributed by atoms with Crippen molar-refractivity contribution in [2.75, 3.05) is 18.1 Å². The highest BCUT2D eigenvalue weighted by Crippen LogP contribution is 2.36. The van der Waals surface area contributed by atoms with Crippen molar-refractivity contribution in [1.82, 2.24) is 0 Å². The van der Waals surface area contributed by atoms with E-state index in [1.54, 1.807) is 23.5 Å². The first kappa shape index (κ1) is 34.7. The molecule has 1 saturated heterocycles. The van der Waals surface area contributed by atoms with Gasteiger partial charge in [-0.2, -0.15) is 0 Å². The molecule has 0 aromatic heterocycles. The van der Waals surface area contributed by atoms with Gasteiger partial charge in [-0.25, -0.2) is 0 Å². The molecule has 6 nitrogen and oxygen atoms in total. The summed E-state index contributed by atoms with van der Waals surface area (Å²) in [6.45, 7) is 1.17. The monoisotopic (exact) mass is 660 g/mol. The number of benzene rings is 4. The Balaban J connectivity index is 1.44. The SMILES string of the molecule is OC(C1SCCCS1)[C@H](OCc1ccccc1)[C@@H](OCc1ccccc1)[C@H](OCc1ccccc1)[C@H](O)COCc1ccccc1. The lowest BCUT2D eigenvalue weighted by Crippen LogP contribution is -2.55. The zero-order chi connectivity index (χ0) is 31.8. The number of ether oxygens (including phenoxy) is 4. The molecule has 0 aliphatic carbocycles. The summed E-state index contributed by atoms with van der Waals surface area (Å²) >= 11 is 3.49. The molecule has 0 bridgehead atoms. The Morgan fingerprint density at radius 3 is 1.37 bits per heavy atom. The fourth-order valence-corrected chi connectivity index (χ4v) is 8.25. The van der Waals surface area contributed by atoms with Gasteiger partial charge in [0.2, 0.25) is 0 Å². The van der Waals surface area contributed by atoms with E-state index in [-0.39, 0.29) is 31.0 Å². The van der Waals surface area contributed by atoms with Crippen LogP contribution in [0.25, 0.3) is 0 Å². The summed E-state index contributed by atoms with van der Waals surface area (Å²) < 4.78 is 25.8. The van der Waals surface area contributed by atoms with E-state index < -0.39 is 30.5 Å². The Bertz CT molecular complexity index is 1360. The normalized spacial score (nSPS) is 17.2. The van der Waals surface area contributed by atoms with Crippen LogP contribution in [-0.2, 0) is 45.4 Å². The summed E-state index contributed by atoms with van der Waals surface area (Å²) in [6.07, 6.45) is -3.32. The van der Waals surface area contributed by atoms with E-state index in [1.807, 2.05) is 121 Å². The lowest BCUT2D eigenvalue weighted by molar-refractivity contribution is -0.204. The predicted molar refractivity (Wildman–Crippen MR) is 186 cm³/mol. The summed E-state index contributed by atoms with van der Waals surface area (Å²) in [5.41, 5.74) is 3.94. The van der Waals surface area contributed by atoms with E-state index in [2.05, 4.69) is 0 Å². The predicted octanol–water partition coefficient (Wildman–Crippen LogP) is 6.88. The third-order valence-corrected chi connectivity index (χ3v) is 10.8. The Morgan fingerprint density at radius 2 is 0.913 bits per heavy atom. The van der Waals surface area contributed by atoms with Crippen molar-refractivity contribution in [3.8, 4) is 0 Å². The molecule has 5 atom stereocenters. The van der Waals surface area contributed by atoms with Crippen molar-refractivity contribution in [1.29, 1.82) is 0 Å². The van der Waals surface area contributed by atoms with Gasteiger partial charge in [0.05, 0.1) is 37.6 Å². The zero-order valence-corrected chi connectivity index (χ0v) is 27.6. The van der Waals surface area contributed by atoms with Gasteiger partial charge in [0, 0.05) is 0 Å². The summed E-state index contributed by atoms with van der Waals surface area (Å²) in [4.78, 5) is 0. The Kier molecular flexibility index (Phi) is 14.5. The van der Waals surface area contributed by atoms with Crippen molar-refractivity contribution in [2.45, 2.75) is 68.0 Å². The van der Waals surface area contributed by atoms with Crippen LogP contribution in [0, 0.1) is 0 Å². The smallest absolute Gasteiger partial charge is 0.115 e. The summed E-state index contributed by atoms with van der Waals surface area (Å²) in [5, 5.41) is 23.8. The average Bonchev–Trinajstić information content (AvgIpc) is 3.12. The van der Waals surface area contributed by atoms with Crippen molar-refractivity contribution < 1.29 is 29.2 Å². The number of hydrogen-bond donors (Lipinski definition) is 2. The van der Waals surface area contributed by atoms with Crippen LogP contribution < -0.4 is 0 Å². The lowest BCUT2D eigenvalue weighted by atomic mass is 9.98. The second-order valence-corrected chi connectivity index (χ2v) is 14.1. The van der Waals surface area contributed by atoms with Gasteiger partial charge in [0.15, 0.2) is 0 Å². The Labute approximate surface area is 281 Å². The highest BCUT2D eigenvalue weighted by Gasteiger charge is 2.43. The van der Waals surface area contributed by atoms with E-state index in [0.717, 1.165) is 40.2 Å². The van der Waals surface area contributed by atoms with Crippen molar-refractivity contribution >= 4 is 23.5 Å². The molecule has 0 radical (unpaired) electrons. The van der Waals surface area contributed by atoms with Crippen LogP contribution in [0.5, 0.6) is 0 Å². The molecule has 0 saturated carbocycles. The molecule has 244 valence electrons. The molecule has 1 fully saturated rings. The molecule has 46 heavy (non-hydrogen) atoms. The topological polar surface area (TPSA) is 77.4 Å². The Hall–Kier alpha value is -2.66. The molecule has 0 amide bonds. The van der Waals surface area contributed by atoms with E-state index >= 15 is 0 Å². The van der Waals surface area contributed by atoms with Gasteiger partial charge in [-0.3, -0.25) is 0 Å². The van der Waals surface area contributed by atoms with Crippen molar-refractivity contribution in [3.05, 3.63) is 144 Å². The van der Waals surface area contributed by atoms with Crippen molar-refractivity contribution in [2.24, 2.45) is 0 Å². The lowest BCUT2D eigenvalue weighted by Gasteiger charge is -2.40.